The van der Waals surface area contributed by atoms with Gasteiger partial charge in [-0.3, -0.25) is 4.79 Å². The van der Waals surface area contributed by atoms with E-state index in [9.17, 15) is 4.79 Å². The number of ketones is 1. The van der Waals surface area contributed by atoms with Crippen molar-refractivity contribution in [2.45, 2.75) is 57.8 Å². The number of carbonyl (C=O) groups excluding carboxylic acids is 1. The van der Waals surface area contributed by atoms with Crippen molar-refractivity contribution in [1.29, 1.82) is 0 Å². The van der Waals surface area contributed by atoms with Crippen molar-refractivity contribution in [2.75, 3.05) is 0 Å². The van der Waals surface area contributed by atoms with E-state index < -0.39 is 8.32 Å². The van der Waals surface area contributed by atoms with Crippen LogP contribution < -0.4 is 0 Å². The fourth-order valence-corrected chi connectivity index (χ4v) is 3.70. The normalized spacial score (nSPS) is 13.7. The summed E-state index contributed by atoms with van der Waals surface area (Å²) in [7, 11) is -1.89. The maximum absolute atomic E-state index is 12.5. The smallest absolute Gasteiger partial charge is 0.192 e. The Hall–Kier alpha value is -0.713. The van der Waals surface area contributed by atoms with Crippen LogP contribution in [0, 0.1) is 0 Å². The zero-order chi connectivity index (χ0) is 17.0. The molecule has 1 rings (SSSR count). The van der Waals surface area contributed by atoms with Crippen LogP contribution in [0.4, 0.5) is 0 Å². The van der Waals surface area contributed by atoms with Gasteiger partial charge in [-0.15, -0.1) is 6.58 Å². The molecule has 1 aromatic carbocycles. The maximum Gasteiger partial charge on any atom is 0.192 e. The van der Waals surface area contributed by atoms with E-state index in [0.29, 0.717) is 12.8 Å². The van der Waals surface area contributed by atoms with Crippen LogP contribution in [0.1, 0.15) is 44.0 Å². The molecule has 122 valence electrons. The van der Waals surface area contributed by atoms with Crippen LogP contribution in [0.15, 0.2) is 41.4 Å². The minimum Gasteiger partial charge on any atom is -0.413 e. The molecule has 0 saturated heterocycles. The summed E-state index contributed by atoms with van der Waals surface area (Å²) in [5.74, 6) is 0.117. The number of carbonyl (C=O) groups is 1. The number of rotatable bonds is 7. The van der Waals surface area contributed by atoms with Crippen LogP contribution in [-0.2, 0) is 4.43 Å². The van der Waals surface area contributed by atoms with Gasteiger partial charge in [-0.1, -0.05) is 54.9 Å². The zero-order valence-electron chi connectivity index (χ0n) is 14.3. The molecule has 2 nitrogen and oxygen atoms in total. The van der Waals surface area contributed by atoms with E-state index >= 15 is 0 Å². The molecule has 0 bridgehead atoms. The Morgan fingerprint density at radius 3 is 2.55 bits per heavy atom. The molecule has 0 aliphatic heterocycles. The fraction of sp³-hybridized carbons (Fsp3) is 0.500. The van der Waals surface area contributed by atoms with E-state index in [4.69, 9.17) is 4.43 Å². The van der Waals surface area contributed by atoms with Crippen molar-refractivity contribution in [3.63, 3.8) is 0 Å². The predicted octanol–water partition coefficient (Wildman–Crippen LogP) is 5.99. The molecule has 0 aliphatic rings. The molecule has 1 atom stereocenters. The highest BCUT2D eigenvalue weighted by Gasteiger charge is 2.39. The number of benzene rings is 1. The molecule has 0 aliphatic carbocycles. The van der Waals surface area contributed by atoms with Crippen LogP contribution in [0.25, 0.3) is 0 Å². The summed E-state index contributed by atoms with van der Waals surface area (Å²) < 4.78 is 7.32. The SMILES string of the molecule is C=CCC(CC(=O)c1cccc(Br)c1)O[Si](C)(C)C(C)(C)C. The molecular weight excluding hydrogens is 356 g/mol. The van der Waals surface area contributed by atoms with Gasteiger partial charge in [-0.05, 0) is 36.7 Å². The van der Waals surface area contributed by atoms with Crippen molar-refractivity contribution >= 4 is 30.0 Å². The largest absolute Gasteiger partial charge is 0.413 e. The van der Waals surface area contributed by atoms with Gasteiger partial charge in [0.25, 0.3) is 0 Å². The van der Waals surface area contributed by atoms with E-state index in [1.165, 1.54) is 0 Å². The van der Waals surface area contributed by atoms with E-state index in [2.05, 4.69) is 56.4 Å². The molecule has 0 radical (unpaired) electrons. The first kappa shape index (κ1) is 19.3. The van der Waals surface area contributed by atoms with Crippen LogP contribution in [0.5, 0.6) is 0 Å². The maximum atomic E-state index is 12.5. The Bertz CT molecular complexity index is 532. The quantitative estimate of drug-likeness (QED) is 0.328. The Morgan fingerprint density at radius 1 is 1.41 bits per heavy atom. The highest BCUT2D eigenvalue weighted by molar-refractivity contribution is 9.10. The van der Waals surface area contributed by atoms with E-state index in [1.54, 1.807) is 0 Å². The van der Waals surface area contributed by atoms with Crippen LogP contribution in [0.2, 0.25) is 18.1 Å². The molecule has 0 aromatic heterocycles. The molecule has 0 spiro atoms. The molecule has 1 aromatic rings. The topological polar surface area (TPSA) is 26.3 Å². The first-order valence-corrected chi connectivity index (χ1v) is 11.3. The van der Waals surface area contributed by atoms with Crippen LogP contribution in [0.3, 0.4) is 0 Å². The molecule has 1 unspecified atom stereocenters. The van der Waals surface area contributed by atoms with Gasteiger partial charge < -0.3 is 4.43 Å². The summed E-state index contributed by atoms with van der Waals surface area (Å²) in [6.07, 6.45) is 2.85. The first-order chi connectivity index (χ1) is 10.1. The summed E-state index contributed by atoms with van der Waals surface area (Å²) in [6, 6.07) is 7.52. The lowest BCUT2D eigenvalue weighted by atomic mass is 10.0. The molecule has 0 fully saturated rings. The van der Waals surface area contributed by atoms with Gasteiger partial charge >= 0.3 is 0 Å². The van der Waals surface area contributed by atoms with E-state index in [-0.39, 0.29) is 16.9 Å². The third-order valence-corrected chi connectivity index (χ3v) is 9.28. The van der Waals surface area contributed by atoms with Gasteiger partial charge in [0.05, 0.1) is 6.10 Å². The highest BCUT2D eigenvalue weighted by atomic mass is 79.9. The second-order valence-corrected chi connectivity index (χ2v) is 12.8. The Kier molecular flexibility index (Phi) is 6.78. The molecule has 0 heterocycles. The van der Waals surface area contributed by atoms with Crippen LogP contribution >= 0.6 is 15.9 Å². The third kappa shape index (κ3) is 5.49. The second kappa shape index (κ2) is 7.71. The molecule has 4 heteroatoms. The van der Waals surface area contributed by atoms with Crippen molar-refractivity contribution in [3.8, 4) is 0 Å². The van der Waals surface area contributed by atoms with Crippen molar-refractivity contribution in [1.82, 2.24) is 0 Å². The van der Waals surface area contributed by atoms with Gasteiger partial charge in [0.1, 0.15) is 0 Å². The fourth-order valence-electron chi connectivity index (χ4n) is 1.94. The lowest BCUT2D eigenvalue weighted by Gasteiger charge is -2.39. The molecule has 0 saturated carbocycles. The average Bonchev–Trinajstić information content (AvgIpc) is 2.37. The number of hydrogen-bond acceptors (Lipinski definition) is 2. The first-order valence-electron chi connectivity index (χ1n) is 7.64. The minimum absolute atomic E-state index is 0.0927. The molecule has 0 N–H and O–H groups in total. The van der Waals surface area contributed by atoms with Gasteiger partial charge in [0, 0.05) is 16.5 Å². The van der Waals surface area contributed by atoms with Gasteiger partial charge in [-0.25, -0.2) is 0 Å². The molecule has 22 heavy (non-hydrogen) atoms. The zero-order valence-corrected chi connectivity index (χ0v) is 16.9. The summed E-state index contributed by atoms with van der Waals surface area (Å²) in [4.78, 5) is 12.5. The van der Waals surface area contributed by atoms with Crippen molar-refractivity contribution < 1.29 is 9.22 Å². The third-order valence-electron chi connectivity index (χ3n) is 4.26. The number of halogens is 1. The number of Topliss-reactive ketones (excluding diaryl/α,β-unsaturated/α-hetero) is 1. The lowest BCUT2D eigenvalue weighted by molar-refractivity contribution is 0.0895. The summed E-state index contributed by atoms with van der Waals surface area (Å²) in [6.45, 7) is 14.9. The second-order valence-electron chi connectivity index (χ2n) is 7.16. The highest BCUT2D eigenvalue weighted by Crippen LogP contribution is 2.38. The summed E-state index contributed by atoms with van der Waals surface area (Å²) >= 11 is 3.41. The monoisotopic (exact) mass is 382 g/mol. The Labute approximate surface area is 144 Å². The average molecular weight is 383 g/mol. The summed E-state index contributed by atoms with van der Waals surface area (Å²) in [5.41, 5.74) is 0.724. The standard InChI is InChI=1S/C18H27BrO2Si/c1-7-9-16(21-22(5,6)18(2,3)4)13-17(20)14-10-8-11-15(19)12-14/h7-8,10-12,16H,1,9,13H2,2-6H3. The van der Waals surface area contributed by atoms with Crippen LogP contribution in [-0.4, -0.2) is 20.2 Å². The van der Waals surface area contributed by atoms with E-state index in [0.717, 1.165) is 10.0 Å². The Morgan fingerprint density at radius 2 is 2.05 bits per heavy atom. The predicted molar refractivity (Wildman–Crippen MR) is 100.0 cm³/mol. The van der Waals surface area contributed by atoms with Gasteiger partial charge in [-0.2, -0.15) is 0 Å². The van der Waals surface area contributed by atoms with Crippen molar-refractivity contribution in [2.24, 2.45) is 0 Å². The van der Waals surface area contributed by atoms with E-state index in [1.807, 2.05) is 30.3 Å². The lowest BCUT2D eigenvalue weighted by Crippen LogP contribution is -2.44. The van der Waals surface area contributed by atoms with Gasteiger partial charge in [0.2, 0.25) is 0 Å². The number of hydrogen-bond donors (Lipinski definition) is 0. The Balaban J connectivity index is 2.84. The summed E-state index contributed by atoms with van der Waals surface area (Å²) in [5, 5.41) is 0.130. The minimum atomic E-state index is -1.89. The molecular formula is C18H27BrO2Si. The van der Waals surface area contributed by atoms with Gasteiger partial charge in [0.15, 0.2) is 14.1 Å². The molecule has 0 amide bonds. The van der Waals surface area contributed by atoms with Crippen molar-refractivity contribution in [3.05, 3.63) is 47.0 Å².